The number of hydrogen-bond donors (Lipinski definition) is 3. The maximum atomic E-state index is 9.88. The highest BCUT2D eigenvalue weighted by Crippen LogP contribution is 2.21. The van der Waals surface area contributed by atoms with Crippen LogP contribution in [0.15, 0.2) is 18.2 Å². The molecule has 3 N–H and O–H groups in total. The summed E-state index contributed by atoms with van der Waals surface area (Å²) < 4.78 is 0. The molecule has 0 aliphatic heterocycles. The fourth-order valence-electron chi connectivity index (χ4n) is 1.72. The van der Waals surface area contributed by atoms with Crippen molar-refractivity contribution in [2.24, 2.45) is 0 Å². The number of benzene rings is 1. The number of phenols is 1. The van der Waals surface area contributed by atoms with Gasteiger partial charge in [0, 0.05) is 30.5 Å². The number of aliphatic hydroxyl groups excluding tert-OH is 1. The molecular formula is C13H21NO2S. The molecule has 17 heavy (non-hydrogen) atoms. The average molecular weight is 255 g/mol. The molecule has 1 aromatic carbocycles. The van der Waals surface area contributed by atoms with Crippen molar-refractivity contribution in [3.8, 4) is 5.75 Å². The van der Waals surface area contributed by atoms with Crippen LogP contribution in [0.2, 0.25) is 0 Å². The van der Waals surface area contributed by atoms with Gasteiger partial charge in [-0.1, -0.05) is 18.2 Å². The minimum Gasteiger partial charge on any atom is -0.507 e. The molecule has 1 unspecified atom stereocenters. The molecule has 96 valence electrons. The van der Waals surface area contributed by atoms with Crippen LogP contribution in [0.3, 0.4) is 0 Å². The summed E-state index contributed by atoms with van der Waals surface area (Å²) in [5.74, 6) is 1.33. The van der Waals surface area contributed by atoms with Crippen LogP contribution >= 0.6 is 11.8 Å². The molecule has 3 nitrogen and oxygen atoms in total. The summed E-state index contributed by atoms with van der Waals surface area (Å²) in [4.78, 5) is 0. The van der Waals surface area contributed by atoms with E-state index >= 15 is 0 Å². The van der Waals surface area contributed by atoms with Gasteiger partial charge in [-0.25, -0.2) is 0 Å². The van der Waals surface area contributed by atoms with E-state index in [1.54, 1.807) is 11.8 Å². The molecule has 0 aromatic heterocycles. The average Bonchev–Trinajstić information content (AvgIpc) is 2.31. The lowest BCUT2D eigenvalue weighted by atomic mass is 10.1. The molecule has 0 saturated heterocycles. The number of aryl methyl sites for hydroxylation is 1. The molecule has 1 atom stereocenters. The van der Waals surface area contributed by atoms with E-state index in [4.69, 9.17) is 5.11 Å². The van der Waals surface area contributed by atoms with Crippen molar-refractivity contribution in [2.45, 2.75) is 25.9 Å². The Bertz CT molecular complexity index is 338. The molecule has 0 amide bonds. The van der Waals surface area contributed by atoms with E-state index in [1.807, 2.05) is 25.1 Å². The fourth-order valence-corrected chi connectivity index (χ4v) is 2.40. The van der Waals surface area contributed by atoms with Crippen LogP contribution in [0, 0.1) is 6.92 Å². The van der Waals surface area contributed by atoms with Gasteiger partial charge < -0.3 is 15.5 Å². The lowest BCUT2D eigenvalue weighted by Crippen LogP contribution is -2.31. The van der Waals surface area contributed by atoms with Gasteiger partial charge in [0.25, 0.3) is 0 Å². The van der Waals surface area contributed by atoms with Gasteiger partial charge in [-0.3, -0.25) is 0 Å². The number of aromatic hydroxyl groups is 1. The third-order valence-electron chi connectivity index (χ3n) is 2.75. The van der Waals surface area contributed by atoms with Gasteiger partial charge in [0.05, 0.1) is 0 Å². The summed E-state index contributed by atoms with van der Waals surface area (Å²) in [7, 11) is 0. The standard InChI is InChI=1S/C13H21NO2S/c1-10-4-3-5-11(13(10)16)8-14-12(6-7-15)9-17-2/h3-5,12,14-16H,6-9H2,1-2H3. The van der Waals surface area contributed by atoms with Gasteiger partial charge in [-0.15, -0.1) is 0 Å². The Kier molecular flexibility index (Phi) is 6.40. The predicted molar refractivity (Wildman–Crippen MR) is 73.6 cm³/mol. The van der Waals surface area contributed by atoms with Gasteiger partial charge in [0.2, 0.25) is 0 Å². The fraction of sp³-hybridized carbons (Fsp3) is 0.538. The molecule has 0 fully saturated rings. The number of phenolic OH excluding ortho intramolecular Hbond substituents is 1. The van der Waals surface area contributed by atoms with Crippen LogP contribution in [-0.2, 0) is 6.54 Å². The minimum absolute atomic E-state index is 0.192. The van der Waals surface area contributed by atoms with E-state index < -0.39 is 0 Å². The van der Waals surface area contributed by atoms with Crippen LogP contribution in [0.1, 0.15) is 17.5 Å². The summed E-state index contributed by atoms with van der Waals surface area (Å²) in [6.45, 7) is 2.72. The van der Waals surface area contributed by atoms with Crippen molar-refractivity contribution >= 4 is 11.8 Å². The first-order valence-corrected chi connectivity index (χ1v) is 7.19. The highest BCUT2D eigenvalue weighted by Gasteiger charge is 2.09. The second kappa shape index (κ2) is 7.58. The number of hydrogen-bond acceptors (Lipinski definition) is 4. The first-order valence-electron chi connectivity index (χ1n) is 5.79. The molecule has 4 heteroatoms. The van der Waals surface area contributed by atoms with Crippen molar-refractivity contribution < 1.29 is 10.2 Å². The molecule has 1 rings (SSSR count). The van der Waals surface area contributed by atoms with Crippen molar-refractivity contribution in [2.75, 3.05) is 18.6 Å². The smallest absolute Gasteiger partial charge is 0.122 e. The number of nitrogens with one attached hydrogen (secondary N) is 1. The Labute approximate surface area is 107 Å². The van der Waals surface area contributed by atoms with Crippen LogP contribution in [0.4, 0.5) is 0 Å². The Morgan fingerprint density at radius 3 is 2.82 bits per heavy atom. The summed E-state index contributed by atoms with van der Waals surface area (Å²) in [5, 5.41) is 22.2. The second-order valence-electron chi connectivity index (χ2n) is 4.13. The number of rotatable bonds is 7. The first kappa shape index (κ1) is 14.4. The molecule has 0 radical (unpaired) electrons. The highest BCUT2D eigenvalue weighted by atomic mass is 32.2. The van der Waals surface area contributed by atoms with Crippen LogP contribution in [-0.4, -0.2) is 34.9 Å². The molecule has 0 aliphatic carbocycles. The summed E-state index contributed by atoms with van der Waals surface area (Å²) in [5.41, 5.74) is 1.81. The van der Waals surface area contributed by atoms with Gasteiger partial charge >= 0.3 is 0 Å². The van der Waals surface area contributed by atoms with Crippen molar-refractivity contribution in [1.29, 1.82) is 0 Å². The maximum absolute atomic E-state index is 9.88. The van der Waals surface area contributed by atoms with Crippen LogP contribution in [0.25, 0.3) is 0 Å². The molecule has 0 spiro atoms. The summed E-state index contributed by atoms with van der Waals surface area (Å²) in [6.07, 6.45) is 2.80. The van der Waals surface area contributed by atoms with E-state index in [2.05, 4.69) is 11.6 Å². The summed E-state index contributed by atoms with van der Waals surface area (Å²) >= 11 is 1.76. The normalized spacial score (nSPS) is 12.6. The molecule has 0 aliphatic rings. The monoisotopic (exact) mass is 255 g/mol. The SMILES string of the molecule is CSCC(CCO)NCc1cccc(C)c1O. The molecule has 0 bridgehead atoms. The van der Waals surface area contributed by atoms with Gasteiger partial charge in [0.15, 0.2) is 0 Å². The van der Waals surface area contributed by atoms with Crippen LogP contribution < -0.4 is 5.32 Å². The van der Waals surface area contributed by atoms with Crippen molar-refractivity contribution in [3.63, 3.8) is 0 Å². The predicted octanol–water partition coefficient (Wildman–Crippen LogP) is 1.90. The van der Waals surface area contributed by atoms with Crippen molar-refractivity contribution in [3.05, 3.63) is 29.3 Å². The Hall–Kier alpha value is -0.710. The van der Waals surface area contributed by atoms with E-state index in [-0.39, 0.29) is 12.6 Å². The largest absolute Gasteiger partial charge is 0.507 e. The number of thioether (sulfide) groups is 1. The zero-order valence-corrected chi connectivity index (χ0v) is 11.3. The lowest BCUT2D eigenvalue weighted by Gasteiger charge is -2.17. The first-order chi connectivity index (χ1) is 8.19. The number of para-hydroxylation sites is 1. The third-order valence-corrected chi connectivity index (χ3v) is 3.48. The van der Waals surface area contributed by atoms with Gasteiger partial charge in [-0.05, 0) is 25.2 Å². The van der Waals surface area contributed by atoms with E-state index in [0.29, 0.717) is 12.3 Å². The highest BCUT2D eigenvalue weighted by molar-refractivity contribution is 7.98. The van der Waals surface area contributed by atoms with Gasteiger partial charge in [0.1, 0.15) is 5.75 Å². The van der Waals surface area contributed by atoms with Gasteiger partial charge in [-0.2, -0.15) is 11.8 Å². The van der Waals surface area contributed by atoms with Crippen molar-refractivity contribution in [1.82, 2.24) is 5.32 Å². The third kappa shape index (κ3) is 4.58. The number of aliphatic hydroxyl groups is 1. The zero-order valence-electron chi connectivity index (χ0n) is 10.4. The Balaban J connectivity index is 2.55. The Morgan fingerprint density at radius 1 is 1.41 bits per heavy atom. The zero-order chi connectivity index (χ0) is 12.7. The quantitative estimate of drug-likeness (QED) is 0.696. The molecular weight excluding hydrogens is 234 g/mol. The van der Waals surface area contributed by atoms with E-state index in [0.717, 1.165) is 23.3 Å². The van der Waals surface area contributed by atoms with E-state index in [9.17, 15) is 5.11 Å². The molecule has 0 saturated carbocycles. The lowest BCUT2D eigenvalue weighted by molar-refractivity contribution is 0.269. The second-order valence-corrected chi connectivity index (χ2v) is 5.04. The van der Waals surface area contributed by atoms with Crippen LogP contribution in [0.5, 0.6) is 5.75 Å². The van der Waals surface area contributed by atoms with E-state index in [1.165, 1.54) is 0 Å². The molecule has 0 heterocycles. The topological polar surface area (TPSA) is 52.5 Å². The maximum Gasteiger partial charge on any atom is 0.122 e. The molecule has 1 aromatic rings. The Morgan fingerprint density at radius 2 is 2.18 bits per heavy atom. The summed E-state index contributed by atoms with van der Waals surface area (Å²) in [6, 6.07) is 6.05. The minimum atomic E-state index is 0.192.